The lowest BCUT2D eigenvalue weighted by Gasteiger charge is -2.38. The first-order valence-corrected chi connectivity index (χ1v) is 13.9. The van der Waals surface area contributed by atoms with Crippen LogP contribution in [0.2, 0.25) is 0 Å². The maximum Gasteiger partial charge on any atom is 0.411 e. The van der Waals surface area contributed by atoms with Gasteiger partial charge in [0, 0.05) is 17.8 Å². The molecule has 1 aliphatic heterocycles. The van der Waals surface area contributed by atoms with Crippen molar-refractivity contribution in [2.24, 2.45) is 0 Å². The quantitative estimate of drug-likeness (QED) is 0.169. The SMILES string of the molecule is FC(F)(F)C(c1ccc(Oc2ccccc2)cc1)(c1ccc(Oc2ccc(N3COc4ccccc4C3)cc2)cc1)C(F)(F)F. The first-order valence-electron chi connectivity index (χ1n) is 13.9. The normalized spacial score (nSPS) is 13.5. The summed E-state index contributed by atoms with van der Waals surface area (Å²) in [7, 11) is 0. The second-order valence-electron chi connectivity index (χ2n) is 10.4. The van der Waals surface area contributed by atoms with Crippen LogP contribution in [-0.4, -0.2) is 19.1 Å². The Balaban J connectivity index is 1.23. The summed E-state index contributed by atoms with van der Waals surface area (Å²) >= 11 is 0. The summed E-state index contributed by atoms with van der Waals surface area (Å²) in [5.41, 5.74) is -4.38. The van der Waals surface area contributed by atoms with E-state index in [2.05, 4.69) is 0 Å². The van der Waals surface area contributed by atoms with Crippen molar-refractivity contribution in [3.8, 4) is 28.7 Å². The third-order valence-electron chi connectivity index (χ3n) is 7.55. The topological polar surface area (TPSA) is 30.9 Å². The van der Waals surface area contributed by atoms with E-state index in [-0.39, 0.29) is 11.5 Å². The van der Waals surface area contributed by atoms with Gasteiger partial charge in [-0.1, -0.05) is 60.7 Å². The Hall–Kier alpha value is -5.12. The maximum atomic E-state index is 14.6. The van der Waals surface area contributed by atoms with Crippen LogP contribution in [0.3, 0.4) is 0 Å². The molecule has 1 heterocycles. The van der Waals surface area contributed by atoms with Crippen LogP contribution in [0, 0.1) is 0 Å². The number of para-hydroxylation sites is 2. The predicted octanol–water partition coefficient (Wildman–Crippen LogP) is 10.0. The molecule has 230 valence electrons. The van der Waals surface area contributed by atoms with E-state index in [0.29, 0.717) is 24.8 Å². The number of hydrogen-bond donors (Lipinski definition) is 0. The molecule has 0 saturated heterocycles. The van der Waals surface area contributed by atoms with Gasteiger partial charge < -0.3 is 19.1 Å². The second kappa shape index (κ2) is 11.8. The summed E-state index contributed by atoms with van der Waals surface area (Å²) in [5, 5.41) is 0. The Morgan fingerprint density at radius 2 is 0.956 bits per heavy atom. The van der Waals surface area contributed by atoms with E-state index in [1.54, 1.807) is 54.6 Å². The zero-order chi connectivity index (χ0) is 31.7. The molecule has 0 saturated carbocycles. The van der Waals surface area contributed by atoms with Crippen molar-refractivity contribution in [2.45, 2.75) is 24.3 Å². The largest absolute Gasteiger partial charge is 0.473 e. The average molecular weight is 622 g/mol. The van der Waals surface area contributed by atoms with Gasteiger partial charge in [-0.3, -0.25) is 0 Å². The van der Waals surface area contributed by atoms with Crippen molar-refractivity contribution in [3.05, 3.63) is 144 Å². The summed E-state index contributed by atoms with van der Waals surface area (Å²) in [6.45, 7) is 0.988. The molecule has 4 nitrogen and oxygen atoms in total. The van der Waals surface area contributed by atoms with Crippen LogP contribution in [0.15, 0.2) is 127 Å². The van der Waals surface area contributed by atoms with Crippen LogP contribution in [0.25, 0.3) is 0 Å². The maximum absolute atomic E-state index is 14.6. The molecule has 0 aliphatic carbocycles. The van der Waals surface area contributed by atoms with Gasteiger partial charge in [0.2, 0.25) is 5.41 Å². The molecule has 0 amide bonds. The third-order valence-corrected chi connectivity index (χ3v) is 7.55. The van der Waals surface area contributed by atoms with Crippen molar-refractivity contribution in [2.75, 3.05) is 11.6 Å². The summed E-state index contributed by atoms with van der Waals surface area (Å²) < 4.78 is 105. The van der Waals surface area contributed by atoms with Crippen molar-refractivity contribution in [1.29, 1.82) is 0 Å². The van der Waals surface area contributed by atoms with Crippen LogP contribution < -0.4 is 19.1 Å². The van der Waals surface area contributed by atoms with Crippen LogP contribution in [0.5, 0.6) is 28.7 Å². The molecule has 6 rings (SSSR count). The summed E-state index contributed by atoms with van der Waals surface area (Å²) in [5.74, 6) is 1.74. The highest BCUT2D eigenvalue weighted by molar-refractivity contribution is 5.53. The lowest BCUT2D eigenvalue weighted by atomic mass is 9.73. The molecule has 5 aromatic rings. The van der Waals surface area contributed by atoms with Crippen LogP contribution in [0.1, 0.15) is 16.7 Å². The molecule has 0 aromatic heterocycles. The lowest BCUT2D eigenvalue weighted by Crippen LogP contribution is -2.54. The Kier molecular flexibility index (Phi) is 7.82. The molecule has 0 atom stereocenters. The van der Waals surface area contributed by atoms with Crippen LogP contribution in [0.4, 0.5) is 32.0 Å². The highest BCUT2D eigenvalue weighted by atomic mass is 19.4. The van der Waals surface area contributed by atoms with Gasteiger partial charge in [-0.2, -0.15) is 26.3 Å². The van der Waals surface area contributed by atoms with Gasteiger partial charge in [0.15, 0.2) is 6.73 Å². The lowest BCUT2D eigenvalue weighted by molar-refractivity contribution is -0.288. The number of halogens is 6. The first-order chi connectivity index (χ1) is 21.5. The third kappa shape index (κ3) is 5.87. The van der Waals surface area contributed by atoms with Crippen molar-refractivity contribution >= 4 is 5.69 Å². The fourth-order valence-corrected chi connectivity index (χ4v) is 5.35. The molecule has 0 spiro atoms. The number of anilines is 1. The van der Waals surface area contributed by atoms with Gasteiger partial charge >= 0.3 is 12.4 Å². The number of ether oxygens (including phenoxy) is 3. The molecule has 0 bridgehead atoms. The summed E-state index contributed by atoms with van der Waals surface area (Å²) in [6, 6.07) is 30.5. The molecule has 5 aromatic carbocycles. The molecule has 0 N–H and O–H groups in total. The monoisotopic (exact) mass is 621 g/mol. The Morgan fingerprint density at radius 1 is 0.511 bits per heavy atom. The molecule has 0 fully saturated rings. The van der Waals surface area contributed by atoms with Gasteiger partial charge in [-0.15, -0.1) is 0 Å². The summed E-state index contributed by atoms with van der Waals surface area (Å²) in [4.78, 5) is 2.01. The molecular formula is C35H25F6NO3. The van der Waals surface area contributed by atoms with Gasteiger partial charge in [0.25, 0.3) is 0 Å². The van der Waals surface area contributed by atoms with Crippen molar-refractivity contribution < 1.29 is 40.6 Å². The van der Waals surface area contributed by atoms with E-state index in [1.165, 1.54) is 0 Å². The molecular weight excluding hydrogens is 596 g/mol. The molecule has 45 heavy (non-hydrogen) atoms. The number of nitrogens with zero attached hydrogens (tertiary/aromatic N) is 1. The Bertz CT molecular complexity index is 1720. The number of fused-ring (bicyclic) bond motifs is 1. The van der Waals surface area contributed by atoms with Gasteiger partial charge in [-0.25, -0.2) is 0 Å². The second-order valence-corrected chi connectivity index (χ2v) is 10.4. The van der Waals surface area contributed by atoms with E-state index in [9.17, 15) is 26.3 Å². The van der Waals surface area contributed by atoms with E-state index < -0.39 is 28.9 Å². The molecule has 0 unspecified atom stereocenters. The van der Waals surface area contributed by atoms with Gasteiger partial charge in [-0.05, 0) is 77.9 Å². The molecule has 10 heteroatoms. The molecule has 1 aliphatic rings. The fraction of sp³-hybridized carbons (Fsp3) is 0.143. The predicted molar refractivity (Wildman–Crippen MR) is 157 cm³/mol. The average Bonchev–Trinajstić information content (AvgIpc) is 3.02. The minimum atomic E-state index is -5.72. The van der Waals surface area contributed by atoms with Crippen molar-refractivity contribution in [3.63, 3.8) is 0 Å². The zero-order valence-electron chi connectivity index (χ0n) is 23.5. The molecule has 0 radical (unpaired) electrons. The van der Waals surface area contributed by atoms with Crippen molar-refractivity contribution in [1.82, 2.24) is 0 Å². The Morgan fingerprint density at radius 3 is 1.47 bits per heavy atom. The van der Waals surface area contributed by atoms with E-state index in [0.717, 1.165) is 65.5 Å². The van der Waals surface area contributed by atoms with Crippen LogP contribution >= 0.6 is 0 Å². The number of rotatable bonds is 7. The summed E-state index contributed by atoms with van der Waals surface area (Å²) in [6.07, 6.45) is -11.4. The smallest absolute Gasteiger partial charge is 0.411 e. The van der Waals surface area contributed by atoms with E-state index in [4.69, 9.17) is 14.2 Å². The van der Waals surface area contributed by atoms with Gasteiger partial charge in [0.05, 0.1) is 0 Å². The minimum Gasteiger partial charge on any atom is -0.473 e. The zero-order valence-corrected chi connectivity index (χ0v) is 23.5. The standard InChI is InChI=1S/C35H25F6NO3/c36-34(37,38)33(35(39,40)41,25-10-16-29(17-11-25)44-28-7-2-1-3-8-28)26-12-18-30(19-13-26)45-31-20-14-27(15-21-31)42-22-24-6-4-5-9-32(24)43-23-42/h1-21H,22-23H2. The van der Waals surface area contributed by atoms with E-state index in [1.807, 2.05) is 29.2 Å². The number of benzene rings is 5. The minimum absolute atomic E-state index is 0.0755. The number of alkyl halides is 6. The number of hydrogen-bond acceptors (Lipinski definition) is 4. The van der Waals surface area contributed by atoms with Gasteiger partial charge in [0.1, 0.15) is 28.7 Å². The Labute approximate surface area is 255 Å². The first kappa shape index (κ1) is 29.9. The van der Waals surface area contributed by atoms with E-state index >= 15 is 0 Å². The highest BCUT2D eigenvalue weighted by Gasteiger charge is 2.72. The fourth-order valence-electron chi connectivity index (χ4n) is 5.35. The van der Waals surface area contributed by atoms with Crippen LogP contribution in [-0.2, 0) is 12.0 Å². The highest BCUT2D eigenvalue weighted by Crippen LogP contribution is 2.56.